The van der Waals surface area contributed by atoms with Crippen molar-refractivity contribution in [1.82, 2.24) is 0 Å². The zero-order chi connectivity index (χ0) is 21.8. The molecule has 0 atom stereocenters. The van der Waals surface area contributed by atoms with Crippen molar-refractivity contribution in [2.45, 2.75) is 52.4 Å². The second kappa shape index (κ2) is 12.4. The molecule has 0 unspecified atom stereocenters. The van der Waals surface area contributed by atoms with Gasteiger partial charge in [-0.2, -0.15) is 0 Å². The largest absolute Gasteiger partial charge is 0.466 e. The molecule has 0 aliphatic carbocycles. The fraction of sp³-hybridized carbons (Fsp3) is 0.375. The zero-order valence-corrected chi connectivity index (χ0v) is 17.7. The van der Waals surface area contributed by atoms with Crippen molar-refractivity contribution in [3.05, 3.63) is 59.7 Å². The molecular weight excluding hydrogens is 380 g/mol. The molecule has 0 fully saturated rings. The van der Waals surface area contributed by atoms with Gasteiger partial charge in [-0.1, -0.05) is 43.3 Å². The van der Waals surface area contributed by atoms with Crippen LogP contribution in [0.1, 0.15) is 50.2 Å². The Kier molecular flexibility index (Phi) is 9.58. The van der Waals surface area contributed by atoms with Crippen LogP contribution < -0.4 is 10.6 Å². The number of nitrogens with one attached hydrogen (secondary N) is 2. The SMILES string of the molecule is CCC(=O)Nc1cccc(NC(=O)CCCC(=O)OCCCc2ccccc2)c1C. The van der Waals surface area contributed by atoms with Gasteiger partial charge in [-0.25, -0.2) is 0 Å². The van der Waals surface area contributed by atoms with Crippen molar-refractivity contribution in [3.8, 4) is 0 Å². The normalized spacial score (nSPS) is 10.3. The highest BCUT2D eigenvalue weighted by molar-refractivity contribution is 5.95. The van der Waals surface area contributed by atoms with Gasteiger partial charge in [0.15, 0.2) is 0 Å². The molecule has 2 aromatic rings. The summed E-state index contributed by atoms with van der Waals surface area (Å²) in [5.41, 5.74) is 3.35. The van der Waals surface area contributed by atoms with Crippen molar-refractivity contribution in [3.63, 3.8) is 0 Å². The van der Waals surface area contributed by atoms with E-state index in [-0.39, 0.29) is 30.6 Å². The van der Waals surface area contributed by atoms with Gasteiger partial charge in [-0.15, -0.1) is 0 Å². The fourth-order valence-electron chi connectivity index (χ4n) is 2.93. The minimum atomic E-state index is -0.281. The van der Waals surface area contributed by atoms with Crippen molar-refractivity contribution < 1.29 is 19.1 Å². The average molecular weight is 411 g/mol. The number of esters is 1. The molecule has 0 radical (unpaired) electrons. The summed E-state index contributed by atoms with van der Waals surface area (Å²) in [5.74, 6) is -0.533. The van der Waals surface area contributed by atoms with Gasteiger partial charge in [0.2, 0.25) is 11.8 Å². The summed E-state index contributed by atoms with van der Waals surface area (Å²) in [7, 11) is 0. The molecule has 2 N–H and O–H groups in total. The van der Waals surface area contributed by atoms with Crippen molar-refractivity contribution >= 4 is 29.2 Å². The van der Waals surface area contributed by atoms with Gasteiger partial charge in [0.25, 0.3) is 0 Å². The average Bonchev–Trinajstić information content (AvgIpc) is 2.74. The first-order valence-corrected chi connectivity index (χ1v) is 10.4. The lowest BCUT2D eigenvalue weighted by Gasteiger charge is -2.13. The van der Waals surface area contributed by atoms with Crippen LogP contribution in [0, 0.1) is 6.92 Å². The monoisotopic (exact) mass is 410 g/mol. The minimum absolute atomic E-state index is 0.0798. The third-order valence-electron chi connectivity index (χ3n) is 4.70. The van der Waals surface area contributed by atoms with Crippen LogP contribution in [0.15, 0.2) is 48.5 Å². The molecule has 0 aliphatic heterocycles. The van der Waals surface area contributed by atoms with E-state index in [1.54, 1.807) is 25.1 Å². The number of rotatable bonds is 11. The van der Waals surface area contributed by atoms with Crippen molar-refractivity contribution in [1.29, 1.82) is 0 Å². The number of ether oxygens (including phenoxy) is 1. The van der Waals surface area contributed by atoms with Crippen LogP contribution in [-0.2, 0) is 25.5 Å². The van der Waals surface area contributed by atoms with Crippen molar-refractivity contribution in [2.24, 2.45) is 0 Å². The molecule has 2 rings (SSSR count). The Morgan fingerprint density at radius 2 is 1.50 bits per heavy atom. The second-order valence-electron chi connectivity index (χ2n) is 7.09. The number of anilines is 2. The summed E-state index contributed by atoms with van der Waals surface area (Å²) in [6, 6.07) is 15.4. The summed E-state index contributed by atoms with van der Waals surface area (Å²) in [5, 5.41) is 5.66. The number of benzene rings is 2. The van der Waals surface area contributed by atoms with Crippen LogP contribution in [-0.4, -0.2) is 24.4 Å². The highest BCUT2D eigenvalue weighted by Crippen LogP contribution is 2.23. The maximum Gasteiger partial charge on any atom is 0.305 e. The van der Waals surface area contributed by atoms with Gasteiger partial charge in [0, 0.05) is 30.6 Å². The van der Waals surface area contributed by atoms with Crippen LogP contribution in [0.3, 0.4) is 0 Å². The predicted molar refractivity (Wildman–Crippen MR) is 118 cm³/mol. The van der Waals surface area contributed by atoms with E-state index in [1.807, 2.05) is 25.1 Å². The molecule has 0 saturated heterocycles. The first-order valence-electron chi connectivity index (χ1n) is 10.4. The van der Waals surface area contributed by atoms with E-state index in [0.29, 0.717) is 30.8 Å². The third kappa shape index (κ3) is 8.07. The Morgan fingerprint density at radius 3 is 2.17 bits per heavy atom. The molecule has 0 aliphatic rings. The van der Waals surface area contributed by atoms with Crippen LogP contribution in [0.4, 0.5) is 11.4 Å². The molecule has 30 heavy (non-hydrogen) atoms. The number of carbonyl (C=O) groups excluding carboxylic acids is 3. The van der Waals surface area contributed by atoms with Gasteiger partial charge in [-0.05, 0) is 49.4 Å². The molecule has 0 bridgehead atoms. The fourth-order valence-corrected chi connectivity index (χ4v) is 2.93. The van der Waals surface area contributed by atoms with Crippen LogP contribution in [0.25, 0.3) is 0 Å². The Hall–Kier alpha value is -3.15. The lowest BCUT2D eigenvalue weighted by molar-refractivity contribution is -0.143. The summed E-state index contributed by atoms with van der Waals surface area (Å²) >= 11 is 0. The molecule has 0 spiro atoms. The summed E-state index contributed by atoms with van der Waals surface area (Å²) in [4.78, 5) is 35.6. The topological polar surface area (TPSA) is 84.5 Å². The Balaban J connectivity index is 1.66. The highest BCUT2D eigenvalue weighted by atomic mass is 16.5. The van der Waals surface area contributed by atoms with E-state index in [4.69, 9.17) is 4.74 Å². The summed E-state index contributed by atoms with van der Waals surface area (Å²) in [6.45, 7) is 4.01. The van der Waals surface area contributed by atoms with Gasteiger partial charge >= 0.3 is 5.97 Å². The molecule has 6 heteroatoms. The molecular formula is C24H30N2O4. The molecule has 0 saturated carbocycles. The van der Waals surface area contributed by atoms with E-state index < -0.39 is 0 Å². The van der Waals surface area contributed by atoms with E-state index in [0.717, 1.165) is 18.4 Å². The van der Waals surface area contributed by atoms with E-state index >= 15 is 0 Å². The lowest BCUT2D eigenvalue weighted by atomic mass is 10.1. The number of aryl methyl sites for hydroxylation is 1. The summed E-state index contributed by atoms with van der Waals surface area (Å²) in [6.07, 6.45) is 2.90. The molecule has 0 heterocycles. The number of carbonyl (C=O) groups is 3. The van der Waals surface area contributed by atoms with Crippen LogP contribution in [0.5, 0.6) is 0 Å². The zero-order valence-electron chi connectivity index (χ0n) is 17.7. The minimum Gasteiger partial charge on any atom is -0.466 e. The van der Waals surface area contributed by atoms with Gasteiger partial charge in [0.1, 0.15) is 0 Å². The van der Waals surface area contributed by atoms with E-state index in [9.17, 15) is 14.4 Å². The van der Waals surface area contributed by atoms with Crippen LogP contribution in [0.2, 0.25) is 0 Å². The highest BCUT2D eigenvalue weighted by Gasteiger charge is 2.10. The van der Waals surface area contributed by atoms with E-state index in [1.165, 1.54) is 5.56 Å². The molecule has 0 aromatic heterocycles. The van der Waals surface area contributed by atoms with Crippen LogP contribution >= 0.6 is 0 Å². The number of amides is 2. The number of hydrogen-bond donors (Lipinski definition) is 2. The van der Waals surface area contributed by atoms with Gasteiger partial charge < -0.3 is 15.4 Å². The molecule has 2 aromatic carbocycles. The maximum atomic E-state index is 12.2. The second-order valence-corrected chi connectivity index (χ2v) is 7.09. The smallest absolute Gasteiger partial charge is 0.305 e. The van der Waals surface area contributed by atoms with Crippen molar-refractivity contribution in [2.75, 3.05) is 17.2 Å². The van der Waals surface area contributed by atoms with E-state index in [2.05, 4.69) is 22.8 Å². The quantitative estimate of drug-likeness (QED) is 0.418. The Morgan fingerprint density at radius 1 is 0.833 bits per heavy atom. The Bertz CT molecular complexity index is 850. The first kappa shape index (κ1) is 23.1. The maximum absolute atomic E-state index is 12.2. The Labute approximate surface area is 178 Å². The molecule has 160 valence electrons. The lowest BCUT2D eigenvalue weighted by Crippen LogP contribution is -2.15. The van der Waals surface area contributed by atoms with Gasteiger partial charge in [-0.3, -0.25) is 14.4 Å². The molecule has 6 nitrogen and oxygen atoms in total. The third-order valence-corrected chi connectivity index (χ3v) is 4.70. The standard InChI is InChI=1S/C24H30N2O4/c1-3-22(27)25-20-13-7-14-21(18(20)2)26-23(28)15-8-16-24(29)30-17-9-12-19-10-5-4-6-11-19/h4-7,10-11,13-14H,3,8-9,12,15-17H2,1-2H3,(H,25,27)(H,26,28). The number of hydrogen-bond acceptors (Lipinski definition) is 4. The predicted octanol–water partition coefficient (Wildman–Crippen LogP) is 4.63. The first-order chi connectivity index (χ1) is 14.5. The summed E-state index contributed by atoms with van der Waals surface area (Å²) < 4.78 is 5.24. The molecule has 2 amide bonds. The van der Waals surface area contributed by atoms with Gasteiger partial charge in [0.05, 0.1) is 6.61 Å².